The van der Waals surface area contributed by atoms with E-state index in [1.807, 2.05) is 6.07 Å². The minimum Gasteiger partial charge on any atom is -0.324 e. The van der Waals surface area contributed by atoms with Crippen molar-refractivity contribution in [2.24, 2.45) is 5.73 Å². The van der Waals surface area contributed by atoms with Crippen molar-refractivity contribution in [1.29, 1.82) is 0 Å². The van der Waals surface area contributed by atoms with Gasteiger partial charge < -0.3 is 10.6 Å². The maximum absolute atomic E-state index is 6.22. The molecule has 0 spiro atoms. The number of nitrogens with zero attached hydrogens (tertiary/aromatic N) is 1. The summed E-state index contributed by atoms with van der Waals surface area (Å²) in [6, 6.07) is 9.28. The second-order valence-corrected chi connectivity index (χ2v) is 5.93. The predicted octanol–water partition coefficient (Wildman–Crippen LogP) is 3.32. The van der Waals surface area contributed by atoms with Crippen LogP contribution in [0.5, 0.6) is 0 Å². The molecule has 1 aliphatic carbocycles. The zero-order valence-electron chi connectivity index (χ0n) is 10.4. The average Bonchev–Trinajstić information content (AvgIpc) is 2.23. The van der Waals surface area contributed by atoms with Crippen molar-refractivity contribution in [3.63, 3.8) is 0 Å². The van der Waals surface area contributed by atoms with Crippen molar-refractivity contribution in [3.05, 3.63) is 34.3 Å². The highest BCUT2D eigenvalue weighted by Gasteiger charge is 2.22. The van der Waals surface area contributed by atoms with E-state index in [1.54, 1.807) is 0 Å². The first kappa shape index (κ1) is 13.1. The van der Waals surface area contributed by atoms with Crippen LogP contribution < -0.4 is 5.73 Å². The maximum atomic E-state index is 6.22. The molecule has 1 aromatic rings. The van der Waals surface area contributed by atoms with E-state index in [9.17, 15) is 0 Å². The van der Waals surface area contributed by atoms with Gasteiger partial charge in [0.25, 0.3) is 0 Å². The molecule has 1 aliphatic rings. The van der Waals surface area contributed by atoms with Gasteiger partial charge in [-0.3, -0.25) is 0 Å². The average molecular weight is 297 g/mol. The highest BCUT2D eigenvalue weighted by Crippen LogP contribution is 2.25. The predicted molar refractivity (Wildman–Crippen MR) is 76.0 cm³/mol. The summed E-state index contributed by atoms with van der Waals surface area (Å²) in [4.78, 5) is 2.46. The minimum atomic E-state index is 0.148. The molecule has 0 bridgehead atoms. The number of benzene rings is 1. The van der Waals surface area contributed by atoms with E-state index in [4.69, 9.17) is 5.73 Å². The fourth-order valence-electron chi connectivity index (χ4n) is 2.26. The van der Waals surface area contributed by atoms with Gasteiger partial charge in [-0.05, 0) is 50.6 Å². The lowest BCUT2D eigenvalue weighted by molar-refractivity contribution is 0.155. The SMILES string of the molecule is CN(CCC(N)c1cccc(Br)c1)C1CCC1. The summed E-state index contributed by atoms with van der Waals surface area (Å²) in [5.41, 5.74) is 7.45. The van der Waals surface area contributed by atoms with Crippen LogP contribution in [0.4, 0.5) is 0 Å². The monoisotopic (exact) mass is 296 g/mol. The van der Waals surface area contributed by atoms with Crippen LogP contribution in [0.3, 0.4) is 0 Å². The molecule has 0 saturated heterocycles. The third-order valence-corrected chi connectivity index (χ3v) is 4.26. The van der Waals surface area contributed by atoms with E-state index in [2.05, 4.69) is 46.1 Å². The third-order valence-electron chi connectivity index (χ3n) is 3.77. The molecule has 2 rings (SSSR count). The molecule has 1 fully saturated rings. The van der Waals surface area contributed by atoms with Crippen LogP contribution in [0.25, 0.3) is 0 Å². The maximum Gasteiger partial charge on any atom is 0.0307 e. The zero-order chi connectivity index (χ0) is 12.3. The number of rotatable bonds is 5. The number of hydrogen-bond acceptors (Lipinski definition) is 2. The lowest BCUT2D eigenvalue weighted by atomic mass is 9.91. The summed E-state index contributed by atoms with van der Waals surface area (Å²) in [6.45, 7) is 1.10. The van der Waals surface area contributed by atoms with Crippen LogP contribution >= 0.6 is 15.9 Å². The fourth-order valence-corrected chi connectivity index (χ4v) is 2.67. The first-order valence-electron chi connectivity index (χ1n) is 6.38. The van der Waals surface area contributed by atoms with E-state index in [1.165, 1.54) is 24.8 Å². The summed E-state index contributed by atoms with van der Waals surface area (Å²) in [6.07, 6.45) is 5.15. The Morgan fingerprint density at radius 1 is 1.47 bits per heavy atom. The van der Waals surface area contributed by atoms with Crippen molar-refractivity contribution >= 4 is 15.9 Å². The summed E-state index contributed by atoms with van der Waals surface area (Å²) < 4.78 is 1.11. The van der Waals surface area contributed by atoms with Gasteiger partial charge in [-0.2, -0.15) is 0 Å². The molecule has 17 heavy (non-hydrogen) atoms. The van der Waals surface area contributed by atoms with Gasteiger partial charge in [-0.25, -0.2) is 0 Å². The van der Waals surface area contributed by atoms with Gasteiger partial charge in [-0.15, -0.1) is 0 Å². The van der Waals surface area contributed by atoms with Gasteiger partial charge in [-0.1, -0.05) is 34.5 Å². The number of hydrogen-bond donors (Lipinski definition) is 1. The van der Waals surface area contributed by atoms with E-state index in [0.29, 0.717) is 0 Å². The molecule has 1 saturated carbocycles. The molecule has 0 aliphatic heterocycles. The Bertz CT molecular complexity index is 363. The molecule has 94 valence electrons. The summed E-state index contributed by atoms with van der Waals surface area (Å²) in [5, 5.41) is 0. The summed E-state index contributed by atoms with van der Waals surface area (Å²) >= 11 is 3.49. The Hall–Kier alpha value is -0.380. The van der Waals surface area contributed by atoms with Gasteiger partial charge in [0, 0.05) is 16.6 Å². The van der Waals surface area contributed by atoms with Crippen molar-refractivity contribution in [2.45, 2.75) is 37.8 Å². The summed E-state index contributed by atoms with van der Waals surface area (Å²) in [5.74, 6) is 0. The molecule has 2 nitrogen and oxygen atoms in total. The highest BCUT2D eigenvalue weighted by molar-refractivity contribution is 9.10. The fraction of sp³-hybridized carbons (Fsp3) is 0.571. The molecule has 0 radical (unpaired) electrons. The standard InChI is InChI=1S/C14H21BrN2/c1-17(13-6-3-7-13)9-8-14(16)11-4-2-5-12(15)10-11/h2,4-5,10,13-14H,3,6-9,16H2,1H3. The Morgan fingerprint density at radius 3 is 2.82 bits per heavy atom. The van der Waals surface area contributed by atoms with Crippen LogP contribution in [0.1, 0.15) is 37.3 Å². The summed E-state index contributed by atoms with van der Waals surface area (Å²) in [7, 11) is 2.22. The Balaban J connectivity index is 1.82. The number of nitrogens with two attached hydrogens (primary N) is 1. The molecule has 0 aromatic heterocycles. The lowest BCUT2D eigenvalue weighted by Crippen LogP contribution is -2.38. The van der Waals surface area contributed by atoms with Crippen molar-refractivity contribution in [2.75, 3.05) is 13.6 Å². The van der Waals surface area contributed by atoms with Gasteiger partial charge in [0.1, 0.15) is 0 Å². The van der Waals surface area contributed by atoms with E-state index < -0.39 is 0 Å². The Morgan fingerprint density at radius 2 is 2.24 bits per heavy atom. The third kappa shape index (κ3) is 3.54. The van der Waals surface area contributed by atoms with Crippen LogP contribution in [0.2, 0.25) is 0 Å². The molecule has 1 unspecified atom stereocenters. The topological polar surface area (TPSA) is 29.3 Å². The molecule has 1 atom stereocenters. The number of halogens is 1. The quantitative estimate of drug-likeness (QED) is 0.903. The first-order chi connectivity index (χ1) is 8.16. The highest BCUT2D eigenvalue weighted by atomic mass is 79.9. The minimum absolute atomic E-state index is 0.148. The van der Waals surface area contributed by atoms with Gasteiger partial charge in [0.2, 0.25) is 0 Å². The normalized spacial score (nSPS) is 18.1. The van der Waals surface area contributed by atoms with Crippen LogP contribution in [0, 0.1) is 0 Å². The van der Waals surface area contributed by atoms with Crippen LogP contribution in [-0.2, 0) is 0 Å². The van der Waals surface area contributed by atoms with Crippen molar-refractivity contribution in [1.82, 2.24) is 4.90 Å². The van der Waals surface area contributed by atoms with Crippen LogP contribution in [-0.4, -0.2) is 24.5 Å². The van der Waals surface area contributed by atoms with E-state index in [-0.39, 0.29) is 6.04 Å². The second kappa shape index (κ2) is 5.98. The van der Waals surface area contributed by atoms with Gasteiger partial charge in [0.15, 0.2) is 0 Å². The van der Waals surface area contributed by atoms with Gasteiger partial charge in [0.05, 0.1) is 0 Å². The molecule has 0 heterocycles. The second-order valence-electron chi connectivity index (χ2n) is 5.02. The van der Waals surface area contributed by atoms with Gasteiger partial charge >= 0.3 is 0 Å². The molecule has 1 aromatic carbocycles. The Kier molecular flexibility index (Phi) is 4.60. The van der Waals surface area contributed by atoms with E-state index >= 15 is 0 Å². The molecule has 2 N–H and O–H groups in total. The molecule has 3 heteroatoms. The Labute approximate surface area is 112 Å². The largest absolute Gasteiger partial charge is 0.324 e. The van der Waals surface area contributed by atoms with E-state index in [0.717, 1.165) is 23.5 Å². The molecule has 0 amide bonds. The molecular formula is C14H21BrN2. The first-order valence-corrected chi connectivity index (χ1v) is 7.17. The smallest absolute Gasteiger partial charge is 0.0307 e. The van der Waals surface area contributed by atoms with Crippen molar-refractivity contribution in [3.8, 4) is 0 Å². The lowest BCUT2D eigenvalue weighted by Gasteiger charge is -2.35. The van der Waals surface area contributed by atoms with Crippen LogP contribution in [0.15, 0.2) is 28.7 Å². The zero-order valence-corrected chi connectivity index (χ0v) is 12.0. The molecular weight excluding hydrogens is 276 g/mol. The van der Waals surface area contributed by atoms with Crippen molar-refractivity contribution < 1.29 is 0 Å².